The summed E-state index contributed by atoms with van der Waals surface area (Å²) in [6.07, 6.45) is 2.02. The summed E-state index contributed by atoms with van der Waals surface area (Å²) in [7, 11) is 0. The lowest BCUT2D eigenvalue weighted by molar-refractivity contribution is -0.180. The number of esters is 1. The number of halogens is 2. The van der Waals surface area contributed by atoms with Gasteiger partial charge in [-0.25, -0.2) is 0 Å². The van der Waals surface area contributed by atoms with Crippen molar-refractivity contribution in [1.29, 1.82) is 0 Å². The van der Waals surface area contributed by atoms with E-state index in [2.05, 4.69) is 0 Å². The zero-order valence-electron chi connectivity index (χ0n) is 16.7. The molecule has 1 aromatic rings. The molecular weight excluding hydrogens is 380 g/mol. The average molecular weight is 411 g/mol. The first-order valence-electron chi connectivity index (χ1n) is 10.4. The van der Waals surface area contributed by atoms with Gasteiger partial charge >= 0.3 is 11.9 Å². The zero-order chi connectivity index (χ0) is 21.3. The van der Waals surface area contributed by atoms with E-state index >= 15 is 0 Å². The van der Waals surface area contributed by atoms with Crippen LogP contribution >= 0.6 is 0 Å². The van der Waals surface area contributed by atoms with E-state index in [1.54, 1.807) is 24.3 Å². The molecule has 0 aromatic heterocycles. The number of hydrogen-bond acceptors (Lipinski definition) is 5. The molecule has 1 aromatic carbocycles. The van der Waals surface area contributed by atoms with Gasteiger partial charge in [-0.1, -0.05) is 62.4 Å². The van der Waals surface area contributed by atoms with Gasteiger partial charge in [0.2, 0.25) is 5.78 Å². The standard InChI is InChI=1S/C22H31F2NO4/c23-22(24,19(26)12-7-13-25)20(27)18(14-16-8-3-1-4-9-16)21(28)29-15-17-10-5-2-6-11-17/h2,5-6,10-11,16,18,20,27H,1,3-4,7-9,12-15,25H2. The molecule has 0 bridgehead atoms. The van der Waals surface area contributed by atoms with Gasteiger partial charge in [-0.3, -0.25) is 9.59 Å². The highest BCUT2D eigenvalue weighted by Gasteiger charge is 2.51. The van der Waals surface area contributed by atoms with Gasteiger partial charge in [0.1, 0.15) is 12.7 Å². The number of hydrogen-bond donors (Lipinski definition) is 2. The van der Waals surface area contributed by atoms with Gasteiger partial charge in [-0.05, 0) is 30.9 Å². The molecule has 0 amide bonds. The Bertz CT molecular complexity index is 647. The summed E-state index contributed by atoms with van der Waals surface area (Å²) in [5, 5.41) is 10.4. The van der Waals surface area contributed by atoms with Crippen LogP contribution in [0.15, 0.2) is 30.3 Å². The molecule has 1 aliphatic carbocycles. The van der Waals surface area contributed by atoms with Crippen LogP contribution in [0, 0.1) is 11.8 Å². The Morgan fingerprint density at radius 2 is 1.83 bits per heavy atom. The molecule has 0 spiro atoms. The van der Waals surface area contributed by atoms with Crippen LogP contribution in [0.4, 0.5) is 8.78 Å². The molecule has 1 aliphatic rings. The molecule has 0 heterocycles. The Morgan fingerprint density at radius 1 is 1.17 bits per heavy atom. The van der Waals surface area contributed by atoms with Crippen molar-refractivity contribution >= 4 is 11.8 Å². The number of nitrogens with two attached hydrogens (primary N) is 1. The average Bonchev–Trinajstić information content (AvgIpc) is 2.75. The monoisotopic (exact) mass is 411 g/mol. The van der Waals surface area contributed by atoms with Crippen molar-refractivity contribution in [2.45, 2.75) is 70.0 Å². The molecule has 162 valence electrons. The van der Waals surface area contributed by atoms with Crippen LogP contribution in [-0.4, -0.2) is 35.4 Å². The van der Waals surface area contributed by atoms with E-state index in [1.165, 1.54) is 0 Å². The summed E-state index contributed by atoms with van der Waals surface area (Å²) in [5.74, 6) is -7.68. The molecule has 2 unspecified atom stereocenters. The maximum atomic E-state index is 14.6. The number of aliphatic hydroxyl groups excluding tert-OH is 1. The predicted octanol–water partition coefficient (Wildman–Crippen LogP) is 3.62. The van der Waals surface area contributed by atoms with Crippen LogP contribution in [0.2, 0.25) is 0 Å². The first kappa shape index (κ1) is 23.4. The van der Waals surface area contributed by atoms with Crippen molar-refractivity contribution in [2.24, 2.45) is 17.6 Å². The molecule has 0 radical (unpaired) electrons. The summed E-state index contributed by atoms with van der Waals surface area (Å²) < 4.78 is 34.5. The number of carbonyl (C=O) groups is 2. The Morgan fingerprint density at radius 3 is 2.45 bits per heavy atom. The minimum Gasteiger partial charge on any atom is -0.461 e. The first-order chi connectivity index (χ1) is 13.9. The van der Waals surface area contributed by atoms with E-state index in [-0.39, 0.29) is 31.9 Å². The molecular formula is C22H31F2NO4. The Hall–Kier alpha value is -1.86. The van der Waals surface area contributed by atoms with Crippen molar-refractivity contribution < 1.29 is 28.2 Å². The lowest BCUT2D eigenvalue weighted by Crippen LogP contribution is -2.49. The minimum atomic E-state index is -4.01. The Balaban J connectivity index is 2.11. The molecule has 0 aliphatic heterocycles. The second kappa shape index (κ2) is 11.4. The smallest absolute Gasteiger partial charge is 0.331 e. The summed E-state index contributed by atoms with van der Waals surface area (Å²) in [6.45, 7) is 0.0305. The molecule has 2 rings (SSSR count). The third-order valence-electron chi connectivity index (χ3n) is 5.57. The topological polar surface area (TPSA) is 89.6 Å². The number of aliphatic hydroxyl groups is 1. The lowest BCUT2D eigenvalue weighted by atomic mass is 9.79. The normalized spacial score (nSPS) is 17.5. The second-order valence-electron chi connectivity index (χ2n) is 7.82. The lowest BCUT2D eigenvalue weighted by Gasteiger charge is -2.31. The van der Waals surface area contributed by atoms with Gasteiger partial charge in [0.25, 0.3) is 0 Å². The fourth-order valence-corrected chi connectivity index (χ4v) is 3.82. The fourth-order valence-electron chi connectivity index (χ4n) is 3.82. The van der Waals surface area contributed by atoms with Gasteiger partial charge in [-0.15, -0.1) is 0 Å². The number of ketones is 1. The van der Waals surface area contributed by atoms with Gasteiger partial charge in [0.15, 0.2) is 0 Å². The predicted molar refractivity (Wildman–Crippen MR) is 105 cm³/mol. The van der Waals surface area contributed by atoms with Crippen LogP contribution in [0.1, 0.15) is 56.9 Å². The van der Waals surface area contributed by atoms with E-state index in [4.69, 9.17) is 10.5 Å². The second-order valence-corrected chi connectivity index (χ2v) is 7.82. The third-order valence-corrected chi connectivity index (χ3v) is 5.57. The molecule has 1 saturated carbocycles. The molecule has 1 fully saturated rings. The van der Waals surface area contributed by atoms with Crippen molar-refractivity contribution in [3.63, 3.8) is 0 Å². The SMILES string of the molecule is NCCCC(=O)C(F)(F)C(O)C(CC1CCCCC1)C(=O)OCc1ccccc1. The van der Waals surface area contributed by atoms with Crippen molar-refractivity contribution in [1.82, 2.24) is 0 Å². The number of Topliss-reactive ketones (excluding diaryl/α,β-unsaturated/α-hetero) is 1. The molecule has 2 atom stereocenters. The largest absolute Gasteiger partial charge is 0.461 e. The highest BCUT2D eigenvalue weighted by molar-refractivity contribution is 5.87. The van der Waals surface area contributed by atoms with E-state index < -0.39 is 36.1 Å². The molecule has 3 N–H and O–H groups in total. The molecule has 7 heteroatoms. The zero-order valence-corrected chi connectivity index (χ0v) is 16.7. The van der Waals surface area contributed by atoms with Crippen LogP contribution in [-0.2, 0) is 20.9 Å². The summed E-state index contributed by atoms with van der Waals surface area (Å²) in [6, 6.07) is 8.88. The third kappa shape index (κ3) is 6.85. The van der Waals surface area contributed by atoms with Gasteiger partial charge in [0.05, 0.1) is 5.92 Å². The van der Waals surface area contributed by atoms with Crippen LogP contribution in [0.25, 0.3) is 0 Å². The Kier molecular flexibility index (Phi) is 9.17. The summed E-state index contributed by atoms with van der Waals surface area (Å²) in [5.41, 5.74) is 6.01. The van der Waals surface area contributed by atoms with Crippen LogP contribution in [0.5, 0.6) is 0 Å². The van der Waals surface area contributed by atoms with E-state index in [0.29, 0.717) is 0 Å². The maximum absolute atomic E-state index is 14.6. The fraction of sp³-hybridized carbons (Fsp3) is 0.636. The highest BCUT2D eigenvalue weighted by atomic mass is 19.3. The first-order valence-corrected chi connectivity index (χ1v) is 10.4. The number of rotatable bonds is 11. The molecule has 0 saturated heterocycles. The van der Waals surface area contributed by atoms with Crippen molar-refractivity contribution in [2.75, 3.05) is 6.54 Å². The maximum Gasteiger partial charge on any atom is 0.331 e. The quantitative estimate of drug-likeness (QED) is 0.543. The minimum absolute atomic E-state index is 0.0580. The number of carbonyl (C=O) groups excluding carboxylic acids is 2. The van der Waals surface area contributed by atoms with Gasteiger partial charge < -0.3 is 15.6 Å². The van der Waals surface area contributed by atoms with Crippen molar-refractivity contribution in [3.8, 4) is 0 Å². The highest BCUT2D eigenvalue weighted by Crippen LogP contribution is 2.35. The van der Waals surface area contributed by atoms with Crippen molar-refractivity contribution in [3.05, 3.63) is 35.9 Å². The van der Waals surface area contributed by atoms with Gasteiger partial charge in [0, 0.05) is 6.42 Å². The van der Waals surface area contributed by atoms with E-state index in [1.807, 2.05) is 6.07 Å². The van der Waals surface area contributed by atoms with E-state index in [0.717, 1.165) is 37.7 Å². The number of benzene rings is 1. The molecule has 5 nitrogen and oxygen atoms in total. The summed E-state index contributed by atoms with van der Waals surface area (Å²) in [4.78, 5) is 24.6. The summed E-state index contributed by atoms with van der Waals surface area (Å²) >= 11 is 0. The Labute approximate surface area is 170 Å². The number of alkyl halides is 2. The van der Waals surface area contributed by atoms with Crippen LogP contribution < -0.4 is 5.73 Å². The van der Waals surface area contributed by atoms with E-state index in [9.17, 15) is 23.5 Å². The molecule has 29 heavy (non-hydrogen) atoms. The number of ether oxygens (including phenoxy) is 1. The van der Waals surface area contributed by atoms with Crippen LogP contribution in [0.3, 0.4) is 0 Å². The van der Waals surface area contributed by atoms with Gasteiger partial charge in [-0.2, -0.15) is 8.78 Å².